The molecule has 0 spiro atoms. The number of carbonyl (C=O) groups is 1. The van der Waals surface area contributed by atoms with E-state index in [-0.39, 0.29) is 16.6 Å². The van der Waals surface area contributed by atoms with E-state index in [4.69, 9.17) is 9.47 Å². The Bertz CT molecular complexity index is 926. The van der Waals surface area contributed by atoms with Crippen LogP contribution in [0.4, 0.5) is 0 Å². The molecule has 156 valence electrons. The summed E-state index contributed by atoms with van der Waals surface area (Å²) in [5.74, 6) is 0.258. The number of carbonyl (C=O) groups excluding carboxylic acids is 1. The van der Waals surface area contributed by atoms with Gasteiger partial charge < -0.3 is 9.47 Å². The second kappa shape index (κ2) is 10.1. The fraction of sp³-hybridized carbons (Fsp3) is 0.250. The lowest BCUT2D eigenvalue weighted by atomic mass is 10.2. The number of methoxy groups -OCH3 is 1. The molecule has 0 fully saturated rings. The number of nitrogens with zero attached hydrogens (tertiary/aromatic N) is 2. The van der Waals surface area contributed by atoms with Gasteiger partial charge in [-0.25, -0.2) is 8.42 Å². The van der Waals surface area contributed by atoms with Gasteiger partial charge in [0.15, 0.2) is 0 Å². The molecule has 8 nitrogen and oxygen atoms in total. The summed E-state index contributed by atoms with van der Waals surface area (Å²) in [4.78, 5) is 11.6. The Morgan fingerprint density at radius 2 is 1.69 bits per heavy atom. The van der Waals surface area contributed by atoms with Crippen LogP contribution in [0, 0.1) is 0 Å². The van der Waals surface area contributed by atoms with E-state index in [1.165, 1.54) is 31.4 Å². The molecular formula is C20H24N2O6S. The first-order valence-corrected chi connectivity index (χ1v) is 10.2. The molecule has 0 atom stereocenters. The predicted molar refractivity (Wildman–Crippen MR) is 107 cm³/mol. The highest BCUT2D eigenvalue weighted by molar-refractivity contribution is 7.89. The number of rotatable bonds is 10. The third-order valence-electron chi connectivity index (χ3n) is 3.96. The van der Waals surface area contributed by atoms with Crippen LogP contribution in [0.15, 0.2) is 66.1 Å². The Labute approximate surface area is 170 Å². The molecule has 0 aliphatic heterocycles. The fourth-order valence-electron chi connectivity index (χ4n) is 2.39. The molecule has 1 N–H and O–H groups in total. The maximum atomic E-state index is 13.1. The summed E-state index contributed by atoms with van der Waals surface area (Å²) < 4.78 is 37.3. The van der Waals surface area contributed by atoms with E-state index in [0.29, 0.717) is 34.5 Å². The van der Waals surface area contributed by atoms with E-state index in [0.717, 1.165) is 6.92 Å². The second-order valence-electron chi connectivity index (χ2n) is 6.04. The van der Waals surface area contributed by atoms with Gasteiger partial charge in [-0.3, -0.25) is 10.0 Å². The lowest BCUT2D eigenvalue weighted by molar-refractivity contribution is -0.211. The standard InChI is InChI=1S/C20H24N2O6S/c1-4-5-14-28-19-10-12-20(13-11-19)29(25,26)21(22(24)16(2)23)15-17-6-8-18(27-3)9-7-17/h4,6-13,24H,1,5,14-15H2,2-3H3. The van der Waals surface area contributed by atoms with Crippen molar-refractivity contribution in [2.45, 2.75) is 24.8 Å². The number of hydrogen-bond acceptors (Lipinski definition) is 6. The predicted octanol–water partition coefficient (Wildman–Crippen LogP) is 2.99. The van der Waals surface area contributed by atoms with Crippen molar-refractivity contribution in [3.63, 3.8) is 0 Å². The van der Waals surface area contributed by atoms with Gasteiger partial charge in [-0.05, 0) is 48.4 Å². The maximum absolute atomic E-state index is 13.1. The molecule has 0 unspecified atom stereocenters. The zero-order valence-electron chi connectivity index (χ0n) is 16.3. The van der Waals surface area contributed by atoms with E-state index < -0.39 is 15.9 Å². The zero-order chi connectivity index (χ0) is 21.4. The van der Waals surface area contributed by atoms with E-state index in [1.807, 2.05) is 0 Å². The first-order valence-electron chi connectivity index (χ1n) is 8.78. The Hall–Kier alpha value is -2.88. The van der Waals surface area contributed by atoms with Crippen molar-refractivity contribution in [2.75, 3.05) is 13.7 Å². The van der Waals surface area contributed by atoms with Crippen LogP contribution < -0.4 is 9.47 Å². The number of hydrazine groups is 1. The molecule has 2 rings (SSSR count). The molecule has 2 aromatic rings. The van der Waals surface area contributed by atoms with Crippen LogP contribution in [-0.2, 0) is 21.4 Å². The number of amides is 1. The summed E-state index contributed by atoms with van der Waals surface area (Å²) in [6.45, 7) is 4.84. The van der Waals surface area contributed by atoms with Gasteiger partial charge in [-0.1, -0.05) is 22.6 Å². The topological polar surface area (TPSA) is 96.4 Å². The fourth-order valence-corrected chi connectivity index (χ4v) is 3.75. The number of benzene rings is 2. The summed E-state index contributed by atoms with van der Waals surface area (Å²) in [5, 5.41) is 10.2. The average molecular weight is 420 g/mol. The third kappa shape index (κ3) is 5.80. The van der Waals surface area contributed by atoms with E-state index in [9.17, 15) is 18.4 Å². The summed E-state index contributed by atoms with van der Waals surface area (Å²) >= 11 is 0. The van der Waals surface area contributed by atoms with Gasteiger partial charge >= 0.3 is 0 Å². The Morgan fingerprint density at radius 1 is 1.10 bits per heavy atom. The van der Waals surface area contributed by atoms with Gasteiger partial charge in [-0.15, -0.1) is 11.8 Å². The monoisotopic (exact) mass is 420 g/mol. The summed E-state index contributed by atoms with van der Waals surface area (Å²) in [6.07, 6.45) is 2.38. The highest BCUT2D eigenvalue weighted by atomic mass is 32.2. The van der Waals surface area contributed by atoms with Crippen molar-refractivity contribution < 1.29 is 27.9 Å². The molecular weight excluding hydrogens is 396 g/mol. The van der Waals surface area contributed by atoms with Crippen LogP contribution in [-0.4, -0.2) is 42.8 Å². The van der Waals surface area contributed by atoms with E-state index in [1.54, 1.807) is 30.3 Å². The molecule has 1 amide bonds. The lowest BCUT2D eigenvalue weighted by Gasteiger charge is -2.28. The molecule has 0 saturated heterocycles. The van der Waals surface area contributed by atoms with Gasteiger partial charge in [-0.2, -0.15) is 0 Å². The van der Waals surface area contributed by atoms with E-state index in [2.05, 4.69) is 6.58 Å². The van der Waals surface area contributed by atoms with Crippen molar-refractivity contribution in [3.05, 3.63) is 66.7 Å². The average Bonchev–Trinajstić information content (AvgIpc) is 2.72. The van der Waals surface area contributed by atoms with Crippen molar-refractivity contribution in [3.8, 4) is 11.5 Å². The number of sulfonamides is 1. The van der Waals surface area contributed by atoms with Gasteiger partial charge in [0.05, 0.1) is 25.2 Å². The summed E-state index contributed by atoms with van der Waals surface area (Å²) in [7, 11) is -2.70. The van der Waals surface area contributed by atoms with Crippen LogP contribution in [0.25, 0.3) is 0 Å². The molecule has 0 aliphatic carbocycles. The quantitative estimate of drug-likeness (QED) is 0.275. The molecule has 9 heteroatoms. The Morgan fingerprint density at radius 3 is 2.21 bits per heavy atom. The maximum Gasteiger partial charge on any atom is 0.262 e. The first kappa shape index (κ1) is 22.4. The molecule has 2 aromatic carbocycles. The number of hydrogen-bond donors (Lipinski definition) is 1. The Balaban J connectivity index is 2.30. The summed E-state index contributed by atoms with van der Waals surface area (Å²) in [6, 6.07) is 12.3. The van der Waals surface area contributed by atoms with Crippen LogP contribution in [0.1, 0.15) is 18.9 Å². The van der Waals surface area contributed by atoms with Crippen LogP contribution in [0.5, 0.6) is 11.5 Å². The van der Waals surface area contributed by atoms with Crippen LogP contribution >= 0.6 is 0 Å². The molecule has 0 heterocycles. The smallest absolute Gasteiger partial charge is 0.262 e. The highest BCUT2D eigenvalue weighted by Gasteiger charge is 2.31. The molecule has 0 radical (unpaired) electrons. The van der Waals surface area contributed by atoms with Gasteiger partial charge in [0.1, 0.15) is 11.5 Å². The molecule has 0 aliphatic rings. The number of hydroxylamine groups is 1. The molecule has 0 bridgehead atoms. The first-order chi connectivity index (χ1) is 13.8. The van der Waals surface area contributed by atoms with E-state index >= 15 is 0 Å². The van der Waals surface area contributed by atoms with Crippen molar-refractivity contribution in [1.82, 2.24) is 9.59 Å². The van der Waals surface area contributed by atoms with Crippen LogP contribution in [0.3, 0.4) is 0 Å². The van der Waals surface area contributed by atoms with Gasteiger partial charge in [0.2, 0.25) is 0 Å². The third-order valence-corrected chi connectivity index (χ3v) is 5.67. The van der Waals surface area contributed by atoms with Crippen molar-refractivity contribution >= 4 is 15.9 Å². The normalized spacial score (nSPS) is 11.2. The minimum Gasteiger partial charge on any atom is -0.497 e. The lowest BCUT2D eigenvalue weighted by Crippen LogP contribution is -2.46. The SMILES string of the molecule is C=CCCOc1ccc(S(=O)(=O)N(Cc2ccc(OC)cc2)N(O)C(C)=O)cc1. The van der Waals surface area contributed by atoms with Gasteiger partial charge in [0.25, 0.3) is 15.9 Å². The number of ether oxygens (including phenoxy) is 2. The van der Waals surface area contributed by atoms with Gasteiger partial charge in [0, 0.05) is 6.92 Å². The van der Waals surface area contributed by atoms with Crippen LogP contribution in [0.2, 0.25) is 0 Å². The highest BCUT2D eigenvalue weighted by Crippen LogP contribution is 2.23. The minimum absolute atomic E-state index is 0.0913. The zero-order valence-corrected chi connectivity index (χ0v) is 17.1. The molecule has 0 aromatic heterocycles. The van der Waals surface area contributed by atoms with Crippen molar-refractivity contribution in [1.29, 1.82) is 0 Å². The van der Waals surface area contributed by atoms with Crippen molar-refractivity contribution in [2.24, 2.45) is 0 Å². The minimum atomic E-state index is -4.22. The largest absolute Gasteiger partial charge is 0.497 e. The molecule has 0 saturated carbocycles. The summed E-state index contributed by atoms with van der Waals surface area (Å²) in [5.41, 5.74) is 0.555. The second-order valence-corrected chi connectivity index (χ2v) is 7.88. The Kier molecular flexibility index (Phi) is 7.77. The molecule has 29 heavy (non-hydrogen) atoms.